The average molecular weight is 266 g/mol. The van der Waals surface area contributed by atoms with Crippen LogP contribution in [0.4, 0.5) is 5.69 Å². The molecule has 2 nitrogen and oxygen atoms in total. The third-order valence-electron chi connectivity index (χ3n) is 4.04. The smallest absolute Gasteiger partial charge is 0.0498 e. The molecule has 0 atom stereocenters. The highest BCUT2D eigenvalue weighted by atomic mass is 15.0. The van der Waals surface area contributed by atoms with E-state index in [0.29, 0.717) is 12.0 Å². The van der Waals surface area contributed by atoms with Gasteiger partial charge in [-0.2, -0.15) is 0 Å². The molecule has 104 valence electrons. The summed E-state index contributed by atoms with van der Waals surface area (Å²) in [6.07, 6.45) is 0. The molecule has 2 N–H and O–H groups in total. The zero-order valence-corrected chi connectivity index (χ0v) is 12.6. The summed E-state index contributed by atoms with van der Waals surface area (Å²) in [6, 6.07) is 13.3. The molecule has 0 saturated carbocycles. The second-order valence-corrected chi connectivity index (χ2v) is 6.10. The quantitative estimate of drug-likeness (QED) is 0.644. The van der Waals surface area contributed by atoms with Gasteiger partial charge in [0.1, 0.15) is 0 Å². The molecule has 0 fully saturated rings. The number of nitrogens with two attached hydrogens (primary N) is 1. The maximum absolute atomic E-state index is 6.25. The Morgan fingerprint density at radius 1 is 0.900 bits per heavy atom. The summed E-state index contributed by atoms with van der Waals surface area (Å²) in [5.74, 6) is 0.421. The minimum atomic E-state index is 0.421. The Bertz CT molecular complexity index is 779. The van der Waals surface area contributed by atoms with E-state index in [1.165, 1.54) is 27.4 Å². The van der Waals surface area contributed by atoms with Gasteiger partial charge in [0.05, 0.1) is 0 Å². The lowest BCUT2D eigenvalue weighted by Gasteiger charge is -2.14. The third-order valence-corrected chi connectivity index (χ3v) is 4.04. The van der Waals surface area contributed by atoms with E-state index in [2.05, 4.69) is 68.7 Å². The Kier molecular flexibility index (Phi) is 2.97. The molecular formula is C18H22N2. The average Bonchev–Trinajstić information content (AvgIpc) is 2.72. The number of nitrogen functional groups attached to an aromatic ring is 1. The molecule has 3 rings (SSSR count). The normalized spacial score (nSPS) is 12.1. The van der Waals surface area contributed by atoms with Crippen molar-refractivity contribution in [2.45, 2.75) is 39.7 Å². The number of fused-ring (bicyclic) bond motifs is 3. The van der Waals surface area contributed by atoms with Crippen molar-refractivity contribution < 1.29 is 0 Å². The van der Waals surface area contributed by atoms with E-state index in [0.717, 1.165) is 5.69 Å². The first-order chi connectivity index (χ1) is 9.52. The summed E-state index contributed by atoms with van der Waals surface area (Å²) in [6.45, 7) is 8.90. The van der Waals surface area contributed by atoms with Crippen molar-refractivity contribution in [1.29, 1.82) is 0 Å². The van der Waals surface area contributed by atoms with Crippen LogP contribution in [0.1, 0.15) is 45.2 Å². The lowest BCUT2D eigenvalue weighted by Crippen LogP contribution is -2.01. The van der Waals surface area contributed by atoms with Crippen LogP contribution in [0.2, 0.25) is 0 Å². The fourth-order valence-electron chi connectivity index (χ4n) is 3.31. The number of hydrogen-bond donors (Lipinski definition) is 1. The van der Waals surface area contributed by atoms with Crippen LogP contribution in [0.15, 0.2) is 36.4 Å². The predicted octanol–water partition coefficient (Wildman–Crippen LogP) is 5.08. The van der Waals surface area contributed by atoms with Gasteiger partial charge in [-0.15, -0.1) is 0 Å². The van der Waals surface area contributed by atoms with Crippen LogP contribution >= 0.6 is 0 Å². The van der Waals surface area contributed by atoms with Gasteiger partial charge in [-0.3, -0.25) is 0 Å². The van der Waals surface area contributed by atoms with Crippen LogP contribution in [-0.4, -0.2) is 4.57 Å². The van der Waals surface area contributed by atoms with Crippen molar-refractivity contribution in [3.8, 4) is 0 Å². The first-order valence-corrected chi connectivity index (χ1v) is 7.33. The van der Waals surface area contributed by atoms with Gasteiger partial charge in [0.25, 0.3) is 0 Å². The van der Waals surface area contributed by atoms with Gasteiger partial charge in [0.2, 0.25) is 0 Å². The van der Waals surface area contributed by atoms with Gasteiger partial charge in [-0.25, -0.2) is 0 Å². The van der Waals surface area contributed by atoms with Gasteiger partial charge in [0.15, 0.2) is 0 Å². The summed E-state index contributed by atoms with van der Waals surface area (Å²) < 4.78 is 2.41. The molecule has 2 heteroatoms. The fourth-order valence-corrected chi connectivity index (χ4v) is 3.31. The molecule has 1 heterocycles. The van der Waals surface area contributed by atoms with Crippen molar-refractivity contribution in [1.82, 2.24) is 4.57 Å². The number of para-hydroxylation sites is 1. The van der Waals surface area contributed by atoms with Crippen molar-refractivity contribution in [3.63, 3.8) is 0 Å². The largest absolute Gasteiger partial charge is 0.398 e. The third kappa shape index (κ3) is 1.71. The number of nitrogens with zero attached hydrogens (tertiary/aromatic N) is 1. The van der Waals surface area contributed by atoms with E-state index in [1.807, 2.05) is 0 Å². The minimum absolute atomic E-state index is 0.421. The van der Waals surface area contributed by atoms with Crippen LogP contribution in [0.5, 0.6) is 0 Å². The molecule has 2 aromatic carbocycles. The van der Waals surface area contributed by atoms with Gasteiger partial charge in [0, 0.05) is 33.5 Å². The number of benzene rings is 2. The van der Waals surface area contributed by atoms with Crippen LogP contribution in [0.25, 0.3) is 21.8 Å². The maximum atomic E-state index is 6.25. The van der Waals surface area contributed by atoms with Gasteiger partial charge in [-0.1, -0.05) is 32.0 Å². The van der Waals surface area contributed by atoms with Gasteiger partial charge in [-0.05, 0) is 43.5 Å². The zero-order valence-electron chi connectivity index (χ0n) is 12.6. The fraction of sp³-hybridized carbons (Fsp3) is 0.333. The molecular weight excluding hydrogens is 244 g/mol. The Hall–Kier alpha value is -1.96. The Morgan fingerprint density at radius 2 is 1.60 bits per heavy atom. The first kappa shape index (κ1) is 13.0. The maximum Gasteiger partial charge on any atom is 0.0498 e. The minimum Gasteiger partial charge on any atom is -0.398 e. The standard InChI is InChI=1S/C18H22N2/c1-11(2)17-14(19)9-10-16-18(17)13-7-5-6-8-15(13)20(16)12(3)4/h5-12H,19H2,1-4H3. The highest BCUT2D eigenvalue weighted by Gasteiger charge is 2.18. The molecule has 0 radical (unpaired) electrons. The van der Waals surface area contributed by atoms with E-state index in [9.17, 15) is 0 Å². The topological polar surface area (TPSA) is 30.9 Å². The first-order valence-electron chi connectivity index (χ1n) is 7.33. The molecule has 0 aliphatic rings. The lowest BCUT2D eigenvalue weighted by atomic mass is 9.95. The monoisotopic (exact) mass is 266 g/mol. The molecule has 0 aliphatic heterocycles. The Morgan fingerprint density at radius 3 is 2.25 bits per heavy atom. The highest BCUT2D eigenvalue weighted by molar-refractivity contribution is 6.11. The number of rotatable bonds is 2. The Balaban J connectivity index is 2.60. The second kappa shape index (κ2) is 4.55. The molecule has 1 aromatic heterocycles. The number of aromatic nitrogens is 1. The van der Waals surface area contributed by atoms with Crippen molar-refractivity contribution in [3.05, 3.63) is 42.0 Å². The van der Waals surface area contributed by atoms with E-state index in [1.54, 1.807) is 0 Å². The van der Waals surface area contributed by atoms with Crippen molar-refractivity contribution >= 4 is 27.5 Å². The second-order valence-electron chi connectivity index (χ2n) is 6.10. The van der Waals surface area contributed by atoms with Crippen molar-refractivity contribution in [2.75, 3.05) is 5.73 Å². The lowest BCUT2D eigenvalue weighted by molar-refractivity contribution is 0.642. The Labute approximate surface area is 120 Å². The van der Waals surface area contributed by atoms with Crippen molar-refractivity contribution in [2.24, 2.45) is 0 Å². The molecule has 3 aromatic rings. The summed E-state index contributed by atoms with van der Waals surface area (Å²) in [4.78, 5) is 0. The van der Waals surface area contributed by atoms with E-state index in [4.69, 9.17) is 5.73 Å². The molecule has 0 unspecified atom stereocenters. The number of hydrogen-bond acceptors (Lipinski definition) is 1. The highest BCUT2D eigenvalue weighted by Crippen LogP contribution is 2.39. The van der Waals surface area contributed by atoms with Crippen LogP contribution in [0.3, 0.4) is 0 Å². The molecule has 0 amide bonds. The SMILES string of the molecule is CC(C)c1c(N)ccc2c1c1ccccc1n2C(C)C. The summed E-state index contributed by atoms with van der Waals surface area (Å²) in [7, 11) is 0. The van der Waals surface area contributed by atoms with Crippen LogP contribution < -0.4 is 5.73 Å². The van der Waals surface area contributed by atoms with Gasteiger partial charge >= 0.3 is 0 Å². The zero-order chi connectivity index (χ0) is 14.4. The molecule has 20 heavy (non-hydrogen) atoms. The summed E-state index contributed by atoms with van der Waals surface area (Å²) >= 11 is 0. The van der Waals surface area contributed by atoms with E-state index >= 15 is 0 Å². The number of anilines is 1. The van der Waals surface area contributed by atoms with Crippen LogP contribution in [0, 0.1) is 0 Å². The molecule has 0 spiro atoms. The van der Waals surface area contributed by atoms with Crippen LogP contribution in [-0.2, 0) is 0 Å². The van der Waals surface area contributed by atoms with Gasteiger partial charge < -0.3 is 10.3 Å². The predicted molar refractivity (Wildman–Crippen MR) is 88.3 cm³/mol. The van der Waals surface area contributed by atoms with E-state index < -0.39 is 0 Å². The summed E-state index contributed by atoms with van der Waals surface area (Å²) in [5, 5.41) is 2.64. The van der Waals surface area contributed by atoms with E-state index in [-0.39, 0.29) is 0 Å². The summed E-state index contributed by atoms with van der Waals surface area (Å²) in [5.41, 5.74) is 11.0. The molecule has 0 bridgehead atoms. The molecule has 0 saturated heterocycles. The molecule has 0 aliphatic carbocycles.